The quantitative estimate of drug-likeness (QED) is 0.649. The number of nitrogens with zero attached hydrogens (tertiary/aromatic N) is 3. The summed E-state index contributed by atoms with van der Waals surface area (Å²) in [7, 11) is 3.34. The van der Waals surface area contributed by atoms with E-state index in [0.717, 1.165) is 17.1 Å². The molecular formula is C22H23ClN4O3. The van der Waals surface area contributed by atoms with Crippen LogP contribution in [0.3, 0.4) is 0 Å². The topological polar surface area (TPSA) is 76.5 Å². The number of amides is 2. The highest BCUT2D eigenvalue weighted by Crippen LogP contribution is 2.23. The third-order valence-corrected chi connectivity index (χ3v) is 5.10. The maximum absolute atomic E-state index is 12.5. The number of hydrogen-bond donors (Lipinski definition) is 1. The second-order valence-corrected chi connectivity index (χ2v) is 7.38. The van der Waals surface area contributed by atoms with Crippen LogP contribution in [0.2, 0.25) is 5.02 Å². The lowest BCUT2D eigenvalue weighted by atomic mass is 10.2. The Morgan fingerprint density at radius 3 is 2.23 bits per heavy atom. The van der Waals surface area contributed by atoms with Crippen molar-refractivity contribution in [3.8, 4) is 11.4 Å². The van der Waals surface area contributed by atoms with Crippen LogP contribution in [-0.4, -0.2) is 47.2 Å². The molecule has 0 spiro atoms. The highest BCUT2D eigenvalue weighted by Gasteiger charge is 2.12. The SMILES string of the molecule is Cc1nn(-c2ccc(C(=O)Nc3ccc(OCC(=O)N(C)C)cc3)cc2)c(C)c1Cl. The minimum Gasteiger partial charge on any atom is -0.484 e. The van der Waals surface area contributed by atoms with Gasteiger partial charge in [-0.15, -0.1) is 0 Å². The minimum atomic E-state index is -0.232. The molecule has 0 fully saturated rings. The number of anilines is 1. The first-order valence-electron chi connectivity index (χ1n) is 9.33. The van der Waals surface area contributed by atoms with Gasteiger partial charge < -0.3 is 15.0 Å². The van der Waals surface area contributed by atoms with Gasteiger partial charge in [-0.25, -0.2) is 4.68 Å². The van der Waals surface area contributed by atoms with Gasteiger partial charge in [0, 0.05) is 25.3 Å². The molecule has 1 aromatic heterocycles. The van der Waals surface area contributed by atoms with E-state index in [1.54, 1.807) is 55.2 Å². The van der Waals surface area contributed by atoms with Gasteiger partial charge in [0.25, 0.3) is 11.8 Å². The smallest absolute Gasteiger partial charge is 0.259 e. The molecule has 0 aliphatic carbocycles. The number of nitrogens with one attached hydrogen (secondary N) is 1. The lowest BCUT2D eigenvalue weighted by Gasteiger charge is -2.12. The Morgan fingerprint density at radius 2 is 1.70 bits per heavy atom. The van der Waals surface area contributed by atoms with Crippen LogP contribution < -0.4 is 10.1 Å². The van der Waals surface area contributed by atoms with E-state index in [2.05, 4.69) is 10.4 Å². The molecule has 0 saturated heterocycles. The summed E-state index contributed by atoms with van der Waals surface area (Å²) in [6.45, 7) is 3.71. The average Bonchev–Trinajstić information content (AvgIpc) is 3.00. The lowest BCUT2D eigenvalue weighted by Crippen LogP contribution is -2.27. The Labute approximate surface area is 180 Å². The van der Waals surface area contributed by atoms with Gasteiger partial charge >= 0.3 is 0 Å². The molecule has 30 heavy (non-hydrogen) atoms. The molecule has 0 aliphatic rings. The number of benzene rings is 2. The predicted molar refractivity (Wildman–Crippen MR) is 117 cm³/mol. The van der Waals surface area contributed by atoms with Gasteiger partial charge in [0.1, 0.15) is 5.75 Å². The lowest BCUT2D eigenvalue weighted by molar-refractivity contribution is -0.130. The van der Waals surface area contributed by atoms with Crippen LogP contribution in [-0.2, 0) is 4.79 Å². The van der Waals surface area contributed by atoms with Crippen molar-refractivity contribution in [2.75, 3.05) is 26.0 Å². The zero-order chi connectivity index (χ0) is 21.8. The van der Waals surface area contributed by atoms with E-state index in [1.807, 2.05) is 26.0 Å². The molecule has 0 unspecified atom stereocenters. The molecule has 0 bridgehead atoms. The molecule has 0 saturated carbocycles. The number of ether oxygens (including phenoxy) is 1. The van der Waals surface area contributed by atoms with Crippen molar-refractivity contribution in [1.82, 2.24) is 14.7 Å². The monoisotopic (exact) mass is 426 g/mol. The Balaban J connectivity index is 1.63. The maximum Gasteiger partial charge on any atom is 0.259 e. The van der Waals surface area contributed by atoms with E-state index < -0.39 is 0 Å². The second-order valence-electron chi connectivity index (χ2n) is 7.00. The second kappa shape index (κ2) is 9.00. The Hall–Kier alpha value is -3.32. The van der Waals surface area contributed by atoms with E-state index in [9.17, 15) is 9.59 Å². The van der Waals surface area contributed by atoms with Gasteiger partial charge in [-0.2, -0.15) is 5.10 Å². The van der Waals surface area contributed by atoms with Crippen molar-refractivity contribution < 1.29 is 14.3 Å². The summed E-state index contributed by atoms with van der Waals surface area (Å²) < 4.78 is 7.18. The third-order valence-electron chi connectivity index (χ3n) is 4.55. The highest BCUT2D eigenvalue weighted by molar-refractivity contribution is 6.31. The number of aromatic nitrogens is 2. The molecular weight excluding hydrogens is 404 g/mol. The van der Waals surface area contributed by atoms with Gasteiger partial charge in [-0.3, -0.25) is 9.59 Å². The van der Waals surface area contributed by atoms with E-state index >= 15 is 0 Å². The Bertz CT molecular complexity index is 1060. The fraction of sp³-hybridized carbons (Fsp3) is 0.227. The van der Waals surface area contributed by atoms with Crippen molar-refractivity contribution in [2.24, 2.45) is 0 Å². The molecule has 1 heterocycles. The van der Waals surface area contributed by atoms with Crippen LogP contribution in [0.4, 0.5) is 5.69 Å². The van der Waals surface area contributed by atoms with Crippen molar-refractivity contribution in [3.05, 3.63) is 70.5 Å². The Morgan fingerprint density at radius 1 is 1.07 bits per heavy atom. The van der Waals surface area contributed by atoms with Crippen LogP contribution in [0.15, 0.2) is 48.5 Å². The summed E-state index contributed by atoms with van der Waals surface area (Å²) in [6, 6.07) is 14.0. The number of rotatable bonds is 6. The minimum absolute atomic E-state index is 0.0362. The molecule has 3 aromatic rings. The normalized spacial score (nSPS) is 10.6. The van der Waals surface area contributed by atoms with E-state index in [-0.39, 0.29) is 18.4 Å². The van der Waals surface area contributed by atoms with E-state index in [0.29, 0.717) is 22.0 Å². The molecule has 0 atom stereocenters. The summed E-state index contributed by atoms with van der Waals surface area (Å²) in [5.74, 6) is 0.194. The van der Waals surface area contributed by atoms with Crippen LogP contribution in [0.25, 0.3) is 5.69 Å². The van der Waals surface area contributed by atoms with E-state index in [4.69, 9.17) is 16.3 Å². The number of carbonyl (C=O) groups is 2. The number of likely N-dealkylation sites (N-methyl/N-ethyl adjacent to an activating group) is 1. The number of aryl methyl sites for hydroxylation is 1. The summed E-state index contributed by atoms with van der Waals surface area (Å²) in [5, 5.41) is 7.89. The zero-order valence-electron chi connectivity index (χ0n) is 17.3. The standard InChI is InChI=1S/C22H23ClN4O3/c1-14-21(23)15(2)27(25-14)18-9-5-16(6-10-18)22(29)24-17-7-11-19(12-8-17)30-13-20(28)26(3)4/h5-12H,13H2,1-4H3,(H,24,29). The van der Waals surface area contributed by atoms with Gasteiger partial charge in [-0.1, -0.05) is 11.6 Å². The number of carbonyl (C=O) groups excluding carboxylic acids is 2. The number of halogens is 1. The first-order chi connectivity index (χ1) is 14.3. The van der Waals surface area contributed by atoms with Gasteiger partial charge in [0.15, 0.2) is 6.61 Å². The molecule has 156 valence electrons. The molecule has 2 aromatic carbocycles. The molecule has 7 nitrogen and oxygen atoms in total. The summed E-state index contributed by atoms with van der Waals surface area (Å²) in [5.41, 5.74) is 3.58. The van der Waals surface area contributed by atoms with Crippen molar-refractivity contribution in [2.45, 2.75) is 13.8 Å². The molecule has 0 aliphatic heterocycles. The van der Waals surface area contributed by atoms with Gasteiger partial charge in [-0.05, 0) is 62.4 Å². The van der Waals surface area contributed by atoms with Gasteiger partial charge in [0.2, 0.25) is 0 Å². The van der Waals surface area contributed by atoms with Crippen molar-refractivity contribution >= 4 is 29.1 Å². The largest absolute Gasteiger partial charge is 0.484 e. The molecule has 2 amide bonds. The van der Waals surface area contributed by atoms with Gasteiger partial charge in [0.05, 0.1) is 22.1 Å². The van der Waals surface area contributed by atoms with Crippen molar-refractivity contribution in [1.29, 1.82) is 0 Å². The molecule has 8 heteroatoms. The van der Waals surface area contributed by atoms with Crippen LogP contribution in [0.1, 0.15) is 21.7 Å². The molecule has 3 rings (SSSR count). The van der Waals surface area contributed by atoms with Crippen LogP contribution >= 0.6 is 11.6 Å². The van der Waals surface area contributed by atoms with Crippen LogP contribution in [0.5, 0.6) is 5.75 Å². The first-order valence-corrected chi connectivity index (χ1v) is 9.70. The molecule has 1 N–H and O–H groups in total. The average molecular weight is 427 g/mol. The first kappa shape index (κ1) is 21.4. The summed E-state index contributed by atoms with van der Waals surface area (Å²) >= 11 is 6.21. The summed E-state index contributed by atoms with van der Waals surface area (Å²) in [6.07, 6.45) is 0. The fourth-order valence-electron chi connectivity index (χ4n) is 2.74. The highest BCUT2D eigenvalue weighted by atomic mass is 35.5. The number of hydrogen-bond acceptors (Lipinski definition) is 4. The van der Waals surface area contributed by atoms with Crippen molar-refractivity contribution in [3.63, 3.8) is 0 Å². The zero-order valence-corrected chi connectivity index (χ0v) is 18.0. The predicted octanol–water partition coefficient (Wildman–Crippen LogP) is 3.86. The summed E-state index contributed by atoms with van der Waals surface area (Å²) in [4.78, 5) is 25.6. The maximum atomic E-state index is 12.5. The van der Waals surface area contributed by atoms with E-state index in [1.165, 1.54) is 4.90 Å². The Kier molecular flexibility index (Phi) is 6.42. The fourth-order valence-corrected chi connectivity index (χ4v) is 2.86. The third kappa shape index (κ3) is 4.80. The van der Waals surface area contributed by atoms with Crippen LogP contribution in [0, 0.1) is 13.8 Å². The molecule has 0 radical (unpaired) electrons.